The maximum absolute atomic E-state index is 15.0. The lowest BCUT2D eigenvalue weighted by Gasteiger charge is -2.32. The lowest BCUT2D eigenvalue weighted by molar-refractivity contribution is 0.0934. The number of nitrogens with one attached hydrogen (secondary N) is 5. The maximum atomic E-state index is 15.0. The molecule has 2 aromatic heterocycles. The van der Waals surface area contributed by atoms with E-state index in [9.17, 15) is 32.2 Å². The van der Waals surface area contributed by atoms with E-state index in [1.165, 1.54) is 44.4 Å². The first-order valence-corrected chi connectivity index (χ1v) is 29.0. The third-order valence-electron chi connectivity index (χ3n) is 14.1. The number of anilines is 5. The summed E-state index contributed by atoms with van der Waals surface area (Å²) in [6, 6.07) is 15.5. The van der Waals surface area contributed by atoms with E-state index in [0.29, 0.717) is 63.8 Å². The molecule has 5 N–H and O–H groups in total. The van der Waals surface area contributed by atoms with Crippen LogP contribution < -0.4 is 41.3 Å². The zero-order chi connectivity index (χ0) is 59.8. The number of para-hydroxylation sites is 2. The van der Waals surface area contributed by atoms with Gasteiger partial charge in [0.25, 0.3) is 11.8 Å². The van der Waals surface area contributed by atoms with E-state index in [-0.39, 0.29) is 53.8 Å². The molecule has 0 bridgehead atoms. The molecule has 24 heteroatoms. The van der Waals surface area contributed by atoms with E-state index in [0.717, 1.165) is 71.2 Å². The second-order valence-corrected chi connectivity index (χ2v) is 22.6. The average molecular weight is 1160 g/mol. The molecule has 83 heavy (non-hydrogen) atoms. The van der Waals surface area contributed by atoms with E-state index in [1.54, 1.807) is 30.3 Å². The highest BCUT2D eigenvalue weighted by Crippen LogP contribution is 2.41. The monoisotopic (exact) mass is 1160 g/mol. The smallest absolute Gasteiger partial charge is 0.328 e. The summed E-state index contributed by atoms with van der Waals surface area (Å²) in [4.78, 5) is 78.2. The van der Waals surface area contributed by atoms with Gasteiger partial charge in [-0.1, -0.05) is 24.3 Å². The van der Waals surface area contributed by atoms with Crippen LogP contribution in [0.5, 0.6) is 0 Å². The Morgan fingerprint density at radius 2 is 1.06 bits per heavy atom. The summed E-state index contributed by atoms with van der Waals surface area (Å²) in [5, 5.41) is 14.3. The number of hydrogen-bond donors (Lipinski definition) is 5. The van der Waals surface area contributed by atoms with Gasteiger partial charge in [0.2, 0.25) is 11.1 Å². The summed E-state index contributed by atoms with van der Waals surface area (Å²) in [5.74, 6) is -3.81. The van der Waals surface area contributed by atoms with E-state index < -0.39 is 57.5 Å². The van der Waals surface area contributed by atoms with Crippen LogP contribution in [0, 0.1) is 37.1 Å². The van der Waals surface area contributed by atoms with Gasteiger partial charge in [0.15, 0.2) is 11.6 Å². The summed E-state index contributed by atoms with van der Waals surface area (Å²) in [7, 11) is 2.54. The lowest BCUT2D eigenvalue weighted by Crippen LogP contribution is -2.43. The van der Waals surface area contributed by atoms with E-state index in [1.807, 2.05) is 59.6 Å². The number of halogens is 4. The third kappa shape index (κ3) is 14.3. The molecule has 4 aliphatic heterocycles. The Kier molecular flexibility index (Phi) is 19.9. The summed E-state index contributed by atoms with van der Waals surface area (Å²) in [5.41, 5.74) is 4.20. The van der Waals surface area contributed by atoms with Gasteiger partial charge in [0.1, 0.15) is 34.6 Å². The minimum absolute atomic E-state index is 0.0332. The fraction of sp³-hybridized carbons (Fsp3) is 0.390. The number of benzene rings is 4. The van der Waals surface area contributed by atoms with Crippen molar-refractivity contribution in [2.75, 3.05) is 87.4 Å². The second-order valence-electron chi connectivity index (χ2n) is 21.3. The molecule has 19 nitrogen and oxygen atoms in total. The molecule has 1 atom stereocenters. The van der Waals surface area contributed by atoms with Crippen LogP contribution in [0.4, 0.5) is 56.1 Å². The Labute approximate surface area is 483 Å². The Hall–Kier alpha value is -7.93. The zero-order valence-electron chi connectivity index (χ0n) is 48.1. The van der Waals surface area contributed by atoms with Crippen LogP contribution in [-0.4, -0.2) is 143 Å². The van der Waals surface area contributed by atoms with Crippen molar-refractivity contribution in [2.24, 2.45) is 0 Å². The number of amides is 6. The molecule has 0 saturated carbocycles. The first kappa shape index (κ1) is 61.1. The van der Waals surface area contributed by atoms with Crippen molar-refractivity contribution in [3.8, 4) is 22.5 Å². The predicted octanol–water partition coefficient (Wildman–Crippen LogP) is 8.25. The van der Waals surface area contributed by atoms with Crippen LogP contribution in [0.2, 0.25) is 0 Å². The molecule has 6 heterocycles. The Morgan fingerprint density at radius 1 is 0.590 bits per heavy atom. The van der Waals surface area contributed by atoms with Crippen molar-refractivity contribution in [2.45, 2.75) is 84.7 Å². The summed E-state index contributed by atoms with van der Waals surface area (Å²) in [6.45, 7) is 19.0. The number of carbonyl (C=O) groups is 4. The average Bonchev–Trinajstić information content (AvgIpc) is 3.87. The lowest BCUT2D eigenvalue weighted by atomic mass is 9.97. The molecule has 6 amide bonds. The molecule has 0 aliphatic carbocycles. The van der Waals surface area contributed by atoms with Gasteiger partial charge in [-0.15, -0.1) is 0 Å². The number of aryl methyl sites for hydroxylation is 2. The first-order valence-electron chi connectivity index (χ1n) is 27.5. The number of rotatable bonds is 10. The van der Waals surface area contributed by atoms with Gasteiger partial charge >= 0.3 is 12.1 Å². The topological polar surface area (TPSA) is 213 Å². The van der Waals surface area contributed by atoms with Crippen molar-refractivity contribution >= 4 is 63.6 Å². The first-order chi connectivity index (χ1) is 39.6. The third-order valence-corrected chi connectivity index (χ3v) is 14.8. The van der Waals surface area contributed by atoms with E-state index in [2.05, 4.69) is 53.4 Å². The second kappa shape index (κ2) is 27.0. The van der Waals surface area contributed by atoms with Gasteiger partial charge in [-0.25, -0.2) is 51.9 Å². The van der Waals surface area contributed by atoms with E-state index >= 15 is 8.78 Å². The van der Waals surface area contributed by atoms with Gasteiger partial charge in [-0.2, -0.15) is 4.98 Å². The van der Waals surface area contributed by atoms with Gasteiger partial charge < -0.3 is 41.3 Å². The number of urea groups is 2. The number of carbonyl (C=O) groups excluding carboxylic acids is 4. The van der Waals surface area contributed by atoms with E-state index in [4.69, 9.17) is 9.97 Å². The van der Waals surface area contributed by atoms with Gasteiger partial charge in [-0.05, 0) is 148 Å². The van der Waals surface area contributed by atoms with Crippen molar-refractivity contribution in [3.05, 3.63) is 129 Å². The molecule has 1 unspecified atom stereocenters. The molecule has 0 radical (unpaired) electrons. The summed E-state index contributed by atoms with van der Waals surface area (Å²) in [6.07, 6.45) is 3.54. The van der Waals surface area contributed by atoms with Crippen LogP contribution in [0.3, 0.4) is 0 Å². The zero-order valence-corrected chi connectivity index (χ0v) is 48.9. The number of fused-ring (bicyclic) bond motifs is 2. The summed E-state index contributed by atoms with van der Waals surface area (Å²) < 4.78 is 71.8. The fourth-order valence-corrected chi connectivity index (χ4v) is 10.2. The molecule has 10 rings (SSSR count). The van der Waals surface area contributed by atoms with Crippen LogP contribution in [-0.2, 0) is 23.9 Å². The molecular weight excluding hydrogens is 1090 g/mol. The quantitative estimate of drug-likeness (QED) is 0.0647. The normalized spacial score (nSPS) is 16.0. The molecule has 440 valence electrons. The molecule has 0 spiro atoms. The van der Waals surface area contributed by atoms with Crippen LogP contribution >= 0.6 is 0 Å². The molecule has 2 fully saturated rings. The van der Waals surface area contributed by atoms with Crippen molar-refractivity contribution in [3.63, 3.8) is 0 Å². The summed E-state index contributed by atoms with van der Waals surface area (Å²) >= 11 is 0. The van der Waals surface area contributed by atoms with Crippen LogP contribution in [0.25, 0.3) is 22.5 Å². The highest BCUT2D eigenvalue weighted by molar-refractivity contribution is 7.84. The molecule has 4 aromatic carbocycles. The number of nitrogens with zero attached hydrogens (tertiary/aromatic N) is 9. The SMILES string of the molecule is CN1CCCNCC1.Cc1ccc(C(=O)NC(C)C)cc1-c1nc(N2CCCN(C)CC2)nc2c1CNC(=O)N2c1c(F)cccc1F.Cc1ccc(C(=O)NC(C)C)cc1-c1nc(S(C)=O)nc2c1CNC(=O)N2c1c(F)cccc1F. The van der Waals surface area contributed by atoms with Crippen LogP contribution in [0.15, 0.2) is 78.0 Å². The van der Waals surface area contributed by atoms with Gasteiger partial charge in [0, 0.05) is 84.4 Å². The highest BCUT2D eigenvalue weighted by atomic mass is 32.2. The van der Waals surface area contributed by atoms with Crippen molar-refractivity contribution in [1.82, 2.24) is 56.3 Å². The molecule has 6 aromatic rings. The Morgan fingerprint density at radius 3 is 1.55 bits per heavy atom. The molecule has 4 aliphatic rings. The fourth-order valence-electron chi connectivity index (χ4n) is 9.78. The van der Waals surface area contributed by atoms with Crippen molar-refractivity contribution < 1.29 is 40.9 Å². The highest BCUT2D eigenvalue weighted by Gasteiger charge is 2.37. The standard InChI is InChI=1S/C29H33F2N7O2.C24H23F2N5O3S.C6H14N2/c1-17(2)33-27(39)19-10-9-18(3)20(15-19)24-21-16-32-29(40)38(25-22(30)7-5-8-23(25)31)26(21)35-28(34-24)37-12-6-11-36(4)13-14-37;1-12(2)28-22(32)14-9-8-13(3)15(10-14)19-16-11-27-24(33)31(20-17(25)6-5-7-18(20)26)21(16)30-23(29-19)35(4)34;1-8-5-2-3-7-4-6-8/h5,7-10,15,17H,6,11-14,16H2,1-4H3,(H,32,40)(H,33,39);5-10,12H,11H2,1-4H3,(H,27,33)(H,28,32);7H,2-6H2,1H3. The van der Waals surface area contributed by atoms with Gasteiger partial charge in [0.05, 0.1) is 35.3 Å². The number of likely N-dealkylation sites (N-methyl/N-ethyl adjacent to an activating group) is 2. The Bertz CT molecular complexity index is 3400. The number of hydrogen-bond acceptors (Lipinski definition) is 13. The van der Waals surface area contributed by atoms with Gasteiger partial charge in [-0.3, -0.25) is 13.8 Å². The van der Waals surface area contributed by atoms with Crippen molar-refractivity contribution in [1.29, 1.82) is 0 Å². The Balaban J connectivity index is 0.000000192. The number of aromatic nitrogens is 4. The van der Waals surface area contributed by atoms with Crippen LogP contribution in [0.1, 0.15) is 83.5 Å². The molecular formula is C59H70F4N14O5S. The predicted molar refractivity (Wildman–Crippen MR) is 313 cm³/mol. The maximum Gasteiger partial charge on any atom is 0.328 e. The minimum Gasteiger partial charge on any atom is -0.350 e. The largest absolute Gasteiger partial charge is 0.350 e. The molecule has 2 saturated heterocycles. The minimum atomic E-state index is -1.68.